The zero-order chi connectivity index (χ0) is 29.6. The topological polar surface area (TPSA) is 42.3 Å². The maximum absolute atomic E-state index is 14.2. The molecule has 0 radical (unpaired) electrons. The molecule has 0 N–H and O–H groups in total. The number of hydrogen-bond donors (Lipinski definition) is 0. The number of carbonyl (C=O) groups excluding carboxylic acids is 2. The quantitative estimate of drug-likeness (QED) is 0.159. The fraction of sp³-hybridized carbons (Fsp3) is 0.161. The fourth-order valence-corrected chi connectivity index (χ4v) is 6.02. The lowest BCUT2D eigenvalue weighted by atomic mass is 10.0. The molecule has 0 saturated carbocycles. The Balaban J connectivity index is 1.71. The molecule has 6 rings (SSSR count). The fourth-order valence-electron chi connectivity index (χ4n) is 6.02. The average Bonchev–Trinajstić information content (AvgIpc) is 3.34. The second-order valence-corrected chi connectivity index (χ2v) is 10.1. The van der Waals surface area contributed by atoms with Crippen LogP contribution in [-0.4, -0.2) is 16.4 Å². The molecule has 4 aromatic carbocycles. The molecule has 5 aromatic rings. The number of amides is 2. The normalized spacial score (nSPS) is 14.0. The molecular formula is C31H20F6N2O2. The van der Waals surface area contributed by atoms with E-state index in [0.29, 0.717) is 16.8 Å². The summed E-state index contributed by atoms with van der Waals surface area (Å²) in [6, 6.07) is 14.2. The van der Waals surface area contributed by atoms with Gasteiger partial charge in [0.05, 0.1) is 44.7 Å². The first-order valence-corrected chi connectivity index (χ1v) is 12.5. The SMILES string of the molecule is Cc1cc(C)c(N2C(=O)c3cccc(-n4c5cccc(C(F)(F)F)c5c5c(C(F)(F)F)cccc54)c3C2=O)c(C)c1. The number of benzene rings is 4. The summed E-state index contributed by atoms with van der Waals surface area (Å²) in [6.45, 7) is 5.38. The molecule has 0 atom stereocenters. The summed E-state index contributed by atoms with van der Waals surface area (Å²) in [5.74, 6) is -1.35. The van der Waals surface area contributed by atoms with Crippen LogP contribution in [0.2, 0.25) is 0 Å². The number of aryl methyl sites for hydroxylation is 3. The molecule has 0 fully saturated rings. The van der Waals surface area contributed by atoms with Crippen molar-refractivity contribution in [2.75, 3.05) is 4.90 Å². The lowest BCUT2D eigenvalue weighted by molar-refractivity contribution is -0.138. The minimum absolute atomic E-state index is 0.000766. The van der Waals surface area contributed by atoms with Crippen molar-refractivity contribution in [2.24, 2.45) is 0 Å². The first-order chi connectivity index (χ1) is 19.2. The predicted octanol–water partition coefficient (Wildman–Crippen LogP) is 8.55. The van der Waals surface area contributed by atoms with Crippen molar-refractivity contribution in [2.45, 2.75) is 33.1 Å². The number of carbonyl (C=O) groups is 2. The molecular weight excluding hydrogens is 546 g/mol. The Morgan fingerprint density at radius 2 is 1.12 bits per heavy atom. The standard InChI is InChI=1S/C31H20F6N2O2/c1-15-13-16(2)27(17(3)14-15)39-28(40)18-7-4-10-21(24(18)29(39)41)38-22-11-5-8-19(30(32,33)34)25(22)26-20(31(35,36)37)9-6-12-23(26)38/h4-14H,1-3H3. The van der Waals surface area contributed by atoms with Gasteiger partial charge in [-0.05, 0) is 68.3 Å². The summed E-state index contributed by atoms with van der Waals surface area (Å²) in [6.07, 6.45) is -9.92. The second kappa shape index (κ2) is 8.70. The molecule has 0 spiro atoms. The number of fused-ring (bicyclic) bond motifs is 4. The number of aromatic nitrogens is 1. The molecule has 41 heavy (non-hydrogen) atoms. The van der Waals surface area contributed by atoms with Crippen LogP contribution < -0.4 is 4.90 Å². The third-order valence-electron chi connectivity index (χ3n) is 7.42. The maximum atomic E-state index is 14.2. The van der Waals surface area contributed by atoms with E-state index in [0.717, 1.165) is 34.7 Å². The molecule has 0 saturated heterocycles. The molecule has 2 amide bonds. The number of nitrogens with zero attached hydrogens (tertiary/aromatic N) is 2. The highest BCUT2D eigenvalue weighted by atomic mass is 19.4. The highest BCUT2D eigenvalue weighted by molar-refractivity contribution is 6.36. The van der Waals surface area contributed by atoms with E-state index in [9.17, 15) is 35.9 Å². The van der Waals surface area contributed by atoms with Crippen LogP contribution in [-0.2, 0) is 12.4 Å². The summed E-state index contributed by atoms with van der Waals surface area (Å²) in [5, 5.41) is -1.28. The van der Waals surface area contributed by atoms with Gasteiger partial charge in [0.2, 0.25) is 0 Å². The molecule has 1 aromatic heterocycles. The van der Waals surface area contributed by atoms with Crippen LogP contribution in [0.1, 0.15) is 48.5 Å². The third-order valence-corrected chi connectivity index (χ3v) is 7.42. The van der Waals surface area contributed by atoms with Crippen LogP contribution in [0.3, 0.4) is 0 Å². The first-order valence-electron chi connectivity index (χ1n) is 12.5. The van der Waals surface area contributed by atoms with Crippen LogP contribution in [0.5, 0.6) is 0 Å². The Morgan fingerprint density at radius 1 is 0.634 bits per heavy atom. The van der Waals surface area contributed by atoms with Crippen LogP contribution >= 0.6 is 0 Å². The molecule has 10 heteroatoms. The van der Waals surface area contributed by atoms with Crippen LogP contribution in [0.15, 0.2) is 66.7 Å². The van der Waals surface area contributed by atoms with Gasteiger partial charge in [-0.2, -0.15) is 26.3 Å². The highest BCUT2D eigenvalue weighted by Crippen LogP contribution is 2.46. The van der Waals surface area contributed by atoms with E-state index in [4.69, 9.17) is 0 Å². The van der Waals surface area contributed by atoms with Crippen molar-refractivity contribution < 1.29 is 35.9 Å². The molecule has 4 nitrogen and oxygen atoms in total. The van der Waals surface area contributed by atoms with Crippen LogP contribution in [0.25, 0.3) is 27.5 Å². The largest absolute Gasteiger partial charge is 0.417 e. The van der Waals surface area contributed by atoms with Gasteiger partial charge >= 0.3 is 12.4 Å². The van der Waals surface area contributed by atoms with Crippen molar-refractivity contribution in [3.63, 3.8) is 0 Å². The van der Waals surface area contributed by atoms with Gasteiger partial charge in [0.25, 0.3) is 11.8 Å². The van der Waals surface area contributed by atoms with Gasteiger partial charge in [0.1, 0.15) is 0 Å². The van der Waals surface area contributed by atoms with Gasteiger partial charge in [-0.15, -0.1) is 0 Å². The zero-order valence-electron chi connectivity index (χ0n) is 21.8. The second-order valence-electron chi connectivity index (χ2n) is 10.1. The highest BCUT2D eigenvalue weighted by Gasteiger charge is 2.42. The van der Waals surface area contributed by atoms with Gasteiger partial charge in [0.15, 0.2) is 0 Å². The minimum atomic E-state index is -4.96. The van der Waals surface area contributed by atoms with Crippen LogP contribution in [0, 0.1) is 20.8 Å². The van der Waals surface area contributed by atoms with Crippen molar-refractivity contribution >= 4 is 39.3 Å². The smallest absolute Gasteiger partial charge is 0.308 e. The Bertz CT molecular complexity index is 1850. The molecule has 208 valence electrons. The number of imide groups is 1. The third kappa shape index (κ3) is 3.84. The minimum Gasteiger partial charge on any atom is -0.308 e. The Labute approximate surface area is 229 Å². The molecule has 0 aliphatic carbocycles. The average molecular weight is 567 g/mol. The summed E-state index contributed by atoms with van der Waals surface area (Å²) in [7, 11) is 0. The van der Waals surface area contributed by atoms with Crippen molar-refractivity contribution in [3.8, 4) is 5.69 Å². The monoisotopic (exact) mass is 566 g/mol. The van der Waals surface area contributed by atoms with Gasteiger partial charge < -0.3 is 4.57 Å². The van der Waals surface area contributed by atoms with Crippen molar-refractivity contribution in [1.82, 2.24) is 4.57 Å². The summed E-state index contributed by atoms with van der Waals surface area (Å²) in [5.41, 5.74) is -0.296. The first kappa shape index (κ1) is 26.6. The van der Waals surface area contributed by atoms with Gasteiger partial charge in [-0.25, -0.2) is 4.90 Å². The molecule has 1 aliphatic rings. The lowest BCUT2D eigenvalue weighted by Crippen LogP contribution is -2.31. The maximum Gasteiger partial charge on any atom is 0.417 e. The van der Waals surface area contributed by atoms with E-state index < -0.39 is 46.1 Å². The molecule has 1 aliphatic heterocycles. The number of hydrogen-bond acceptors (Lipinski definition) is 2. The number of anilines is 1. The Kier molecular flexibility index (Phi) is 5.65. The van der Waals surface area contributed by atoms with Gasteiger partial charge in [0, 0.05) is 10.8 Å². The Morgan fingerprint density at radius 3 is 1.61 bits per heavy atom. The van der Waals surface area contributed by atoms with E-state index in [1.165, 1.54) is 34.9 Å². The summed E-state index contributed by atoms with van der Waals surface area (Å²) >= 11 is 0. The number of halogens is 6. The lowest BCUT2D eigenvalue weighted by Gasteiger charge is -2.20. The van der Waals surface area contributed by atoms with Crippen molar-refractivity contribution in [1.29, 1.82) is 0 Å². The van der Waals surface area contributed by atoms with E-state index in [2.05, 4.69) is 0 Å². The number of rotatable bonds is 2. The van der Waals surface area contributed by atoms with E-state index >= 15 is 0 Å². The Hall–Kier alpha value is -4.60. The van der Waals surface area contributed by atoms with E-state index in [1.54, 1.807) is 13.8 Å². The van der Waals surface area contributed by atoms with Crippen LogP contribution in [0.4, 0.5) is 32.0 Å². The molecule has 2 heterocycles. The van der Waals surface area contributed by atoms with Gasteiger partial charge in [-0.3, -0.25) is 9.59 Å². The van der Waals surface area contributed by atoms with Crippen molar-refractivity contribution in [3.05, 3.63) is 106 Å². The summed E-state index contributed by atoms with van der Waals surface area (Å²) < 4.78 is 86.2. The predicted molar refractivity (Wildman–Crippen MR) is 143 cm³/mol. The van der Waals surface area contributed by atoms with E-state index in [1.807, 2.05) is 19.1 Å². The van der Waals surface area contributed by atoms with E-state index in [-0.39, 0.29) is 27.8 Å². The zero-order valence-corrected chi connectivity index (χ0v) is 21.8. The summed E-state index contributed by atoms with van der Waals surface area (Å²) in [4.78, 5) is 28.6. The molecule has 0 unspecified atom stereocenters. The number of alkyl halides is 6. The molecule has 0 bridgehead atoms. The van der Waals surface area contributed by atoms with Gasteiger partial charge in [-0.1, -0.05) is 35.9 Å².